The lowest BCUT2D eigenvalue weighted by Gasteiger charge is -2.14. The lowest BCUT2D eigenvalue weighted by atomic mass is 9.91. The van der Waals surface area contributed by atoms with Crippen molar-refractivity contribution in [2.75, 3.05) is 0 Å². The molecule has 5 heteroatoms. The van der Waals surface area contributed by atoms with Crippen LogP contribution in [0.5, 0.6) is 0 Å². The molecule has 248 valence electrons. The summed E-state index contributed by atoms with van der Waals surface area (Å²) in [6.07, 6.45) is 36.9. The molecule has 0 saturated heterocycles. The maximum atomic E-state index is 8.74. The number of hydrogen-bond donors (Lipinski definition) is 2. The zero-order chi connectivity index (χ0) is 31.4. The fraction of sp³-hybridized carbons (Fsp3) is 0.737. The van der Waals surface area contributed by atoms with Crippen molar-refractivity contribution in [3.63, 3.8) is 0 Å². The Hall–Kier alpha value is -1.43. The van der Waals surface area contributed by atoms with Gasteiger partial charge in [-0.15, -0.1) is 0 Å². The van der Waals surface area contributed by atoms with E-state index in [4.69, 9.17) is 17.5 Å². The SMILES string of the molecule is CCCCCCCCCCCCCCc1ccc2ccccc2c1CCCCCCCCCCCCCC.O=S(=O)(O)O. The van der Waals surface area contributed by atoms with E-state index in [1.54, 1.807) is 11.1 Å². The van der Waals surface area contributed by atoms with Gasteiger partial charge in [-0.2, -0.15) is 8.42 Å². The first kappa shape index (κ1) is 39.6. The quantitative estimate of drug-likeness (QED) is 0.0812. The molecular weight excluding hydrogens is 552 g/mol. The molecule has 0 atom stereocenters. The van der Waals surface area contributed by atoms with Crippen LogP contribution in [0, 0.1) is 0 Å². The summed E-state index contributed by atoms with van der Waals surface area (Å²) < 4.78 is 31.6. The maximum absolute atomic E-state index is 8.74. The van der Waals surface area contributed by atoms with E-state index in [1.807, 2.05) is 0 Å². The Kier molecular flexibility index (Phi) is 24.8. The highest BCUT2D eigenvalue weighted by Crippen LogP contribution is 2.26. The second kappa shape index (κ2) is 26.9. The van der Waals surface area contributed by atoms with Crippen molar-refractivity contribution in [3.05, 3.63) is 47.5 Å². The first-order chi connectivity index (χ1) is 20.9. The zero-order valence-electron chi connectivity index (χ0n) is 28.0. The summed E-state index contributed by atoms with van der Waals surface area (Å²) >= 11 is 0. The molecule has 2 N–H and O–H groups in total. The molecule has 0 aliphatic rings. The van der Waals surface area contributed by atoms with E-state index in [0.29, 0.717) is 0 Å². The topological polar surface area (TPSA) is 74.6 Å². The van der Waals surface area contributed by atoms with Crippen molar-refractivity contribution in [2.24, 2.45) is 0 Å². The lowest BCUT2D eigenvalue weighted by molar-refractivity contribution is 0.381. The molecule has 0 aliphatic carbocycles. The van der Waals surface area contributed by atoms with Gasteiger partial charge in [0.25, 0.3) is 0 Å². The van der Waals surface area contributed by atoms with Gasteiger partial charge in [-0.3, -0.25) is 9.11 Å². The molecule has 2 aromatic carbocycles. The molecule has 2 aromatic rings. The second-order valence-corrected chi connectivity index (χ2v) is 13.5. The normalized spacial score (nSPS) is 11.5. The summed E-state index contributed by atoms with van der Waals surface area (Å²) in [6.45, 7) is 4.61. The molecule has 0 heterocycles. The van der Waals surface area contributed by atoms with Gasteiger partial charge in [0.2, 0.25) is 0 Å². The maximum Gasteiger partial charge on any atom is 0.394 e. The third kappa shape index (κ3) is 23.6. The first-order valence-electron chi connectivity index (χ1n) is 18.1. The Balaban J connectivity index is 0.00000170. The van der Waals surface area contributed by atoms with Crippen molar-refractivity contribution < 1.29 is 17.5 Å². The summed E-state index contributed by atoms with van der Waals surface area (Å²) in [4.78, 5) is 0. The average Bonchev–Trinajstić information content (AvgIpc) is 2.98. The smallest absolute Gasteiger partial charge is 0.264 e. The minimum absolute atomic E-state index is 1.27. The van der Waals surface area contributed by atoms with Crippen molar-refractivity contribution in [3.8, 4) is 0 Å². The van der Waals surface area contributed by atoms with Crippen molar-refractivity contribution in [1.82, 2.24) is 0 Å². The van der Waals surface area contributed by atoms with Crippen LogP contribution in [-0.2, 0) is 23.2 Å². The van der Waals surface area contributed by atoms with Gasteiger partial charge < -0.3 is 0 Å². The van der Waals surface area contributed by atoms with Gasteiger partial charge in [-0.05, 0) is 47.6 Å². The third-order valence-corrected chi connectivity index (χ3v) is 8.72. The second-order valence-electron chi connectivity index (χ2n) is 12.7. The monoisotopic (exact) mass is 618 g/mol. The lowest BCUT2D eigenvalue weighted by Crippen LogP contribution is -1.97. The van der Waals surface area contributed by atoms with Crippen LogP contribution in [0.15, 0.2) is 36.4 Å². The highest BCUT2D eigenvalue weighted by Gasteiger charge is 2.08. The molecule has 4 nitrogen and oxygen atoms in total. The van der Waals surface area contributed by atoms with Crippen LogP contribution in [-0.4, -0.2) is 17.5 Å². The predicted molar refractivity (Wildman–Crippen MR) is 188 cm³/mol. The molecule has 2 rings (SSSR count). The van der Waals surface area contributed by atoms with Crippen molar-refractivity contribution >= 4 is 21.2 Å². The largest absolute Gasteiger partial charge is 0.394 e. The van der Waals surface area contributed by atoms with Crippen LogP contribution in [0.4, 0.5) is 0 Å². The van der Waals surface area contributed by atoms with Gasteiger partial charge >= 0.3 is 10.4 Å². The molecule has 0 spiro atoms. The minimum Gasteiger partial charge on any atom is -0.264 e. The van der Waals surface area contributed by atoms with Crippen LogP contribution in [0.2, 0.25) is 0 Å². The fourth-order valence-corrected chi connectivity index (χ4v) is 6.21. The van der Waals surface area contributed by atoms with E-state index >= 15 is 0 Å². The third-order valence-electron chi connectivity index (χ3n) is 8.72. The fourth-order valence-electron chi connectivity index (χ4n) is 6.21. The van der Waals surface area contributed by atoms with Crippen LogP contribution >= 0.6 is 0 Å². The predicted octanol–water partition coefficient (Wildman–Crippen LogP) is 12.7. The van der Waals surface area contributed by atoms with Gasteiger partial charge in [0.15, 0.2) is 0 Å². The molecule has 0 radical (unpaired) electrons. The molecule has 0 fully saturated rings. The highest BCUT2D eigenvalue weighted by molar-refractivity contribution is 7.79. The summed E-state index contributed by atoms with van der Waals surface area (Å²) in [7, 11) is -4.67. The Morgan fingerprint density at radius 3 is 1.23 bits per heavy atom. The summed E-state index contributed by atoms with van der Waals surface area (Å²) in [5, 5.41) is 2.95. The molecule has 0 aromatic heterocycles. The Labute approximate surface area is 266 Å². The number of benzene rings is 2. The Morgan fingerprint density at radius 2 is 0.814 bits per heavy atom. The molecule has 0 saturated carbocycles. The number of unbranched alkanes of at least 4 members (excludes halogenated alkanes) is 22. The van der Waals surface area contributed by atoms with E-state index in [2.05, 4.69) is 50.2 Å². The van der Waals surface area contributed by atoms with E-state index in [0.717, 1.165) is 0 Å². The number of hydrogen-bond acceptors (Lipinski definition) is 2. The summed E-state index contributed by atoms with van der Waals surface area (Å²) in [5.74, 6) is 0. The zero-order valence-corrected chi connectivity index (χ0v) is 28.8. The molecule has 0 aliphatic heterocycles. The highest BCUT2D eigenvalue weighted by atomic mass is 32.3. The molecule has 0 amide bonds. The number of rotatable bonds is 26. The Bertz CT molecular complexity index is 1010. The van der Waals surface area contributed by atoms with Crippen molar-refractivity contribution in [1.29, 1.82) is 0 Å². The van der Waals surface area contributed by atoms with Crippen LogP contribution in [0.1, 0.15) is 179 Å². The Morgan fingerprint density at radius 1 is 0.465 bits per heavy atom. The van der Waals surface area contributed by atoms with Crippen LogP contribution in [0.25, 0.3) is 10.8 Å². The molecular formula is C38H66O4S. The van der Waals surface area contributed by atoms with Crippen LogP contribution < -0.4 is 0 Å². The van der Waals surface area contributed by atoms with E-state index < -0.39 is 10.4 Å². The van der Waals surface area contributed by atoms with Gasteiger partial charge in [0, 0.05) is 0 Å². The molecule has 0 unspecified atom stereocenters. The number of fused-ring (bicyclic) bond motifs is 1. The standard InChI is InChI=1S/C38H64.H2O4S/c1-3-5-7-9-11-13-15-17-19-21-23-25-29-35-33-34-36-30-27-28-32-38(36)37(35)31-26-24-22-20-18-16-14-12-10-8-6-4-2;1-5(2,3)4/h27-28,30,32-34H,3-26,29,31H2,1-2H3;(H2,1,2,3,4). The van der Waals surface area contributed by atoms with Gasteiger partial charge in [-0.1, -0.05) is 192 Å². The van der Waals surface area contributed by atoms with Gasteiger partial charge in [0.05, 0.1) is 0 Å². The minimum atomic E-state index is -4.67. The number of aryl methyl sites for hydroxylation is 2. The van der Waals surface area contributed by atoms with Gasteiger partial charge in [-0.25, -0.2) is 0 Å². The van der Waals surface area contributed by atoms with E-state index in [9.17, 15) is 0 Å². The average molecular weight is 619 g/mol. The van der Waals surface area contributed by atoms with Crippen molar-refractivity contribution in [2.45, 2.75) is 181 Å². The first-order valence-corrected chi connectivity index (χ1v) is 19.5. The van der Waals surface area contributed by atoms with E-state index in [1.165, 1.54) is 178 Å². The summed E-state index contributed by atoms with van der Waals surface area (Å²) in [6, 6.07) is 13.9. The molecule has 43 heavy (non-hydrogen) atoms. The van der Waals surface area contributed by atoms with Gasteiger partial charge in [0.1, 0.15) is 0 Å². The van der Waals surface area contributed by atoms with E-state index in [-0.39, 0.29) is 0 Å². The molecule has 0 bridgehead atoms. The summed E-state index contributed by atoms with van der Waals surface area (Å²) in [5.41, 5.74) is 3.30. The van der Waals surface area contributed by atoms with Crippen LogP contribution in [0.3, 0.4) is 0 Å².